The topological polar surface area (TPSA) is 66.5 Å². The number of carbonyl (C=O) groups is 1. The first-order chi connectivity index (χ1) is 13.6. The standard InChI is InChI=1S/C22H26N2O3S/c25-22(23-16-17-7-2-1-3-8-17)19-10-6-11-20(15-19)28(26,27)24-14-13-18-9-4-5-12-21(18)24/h4-6,9-12,15,17H,1-3,7-8,13-14,16H2,(H,23,25). The van der Waals surface area contributed by atoms with E-state index < -0.39 is 10.0 Å². The second-order valence-electron chi connectivity index (χ2n) is 7.70. The van der Waals surface area contributed by atoms with E-state index >= 15 is 0 Å². The fourth-order valence-electron chi connectivity index (χ4n) is 4.21. The van der Waals surface area contributed by atoms with Crippen molar-refractivity contribution in [3.63, 3.8) is 0 Å². The molecule has 0 saturated heterocycles. The molecule has 2 aromatic carbocycles. The van der Waals surface area contributed by atoms with Gasteiger partial charge < -0.3 is 5.32 Å². The van der Waals surface area contributed by atoms with Crippen molar-refractivity contribution < 1.29 is 13.2 Å². The highest BCUT2D eigenvalue weighted by atomic mass is 32.2. The number of anilines is 1. The number of fused-ring (bicyclic) bond motifs is 1. The summed E-state index contributed by atoms with van der Waals surface area (Å²) in [5.74, 6) is 0.329. The largest absolute Gasteiger partial charge is 0.352 e. The molecule has 0 bridgehead atoms. The van der Waals surface area contributed by atoms with Crippen LogP contribution in [0.2, 0.25) is 0 Å². The number of para-hydroxylation sites is 1. The van der Waals surface area contributed by atoms with Gasteiger partial charge in [-0.2, -0.15) is 0 Å². The molecule has 1 aliphatic heterocycles. The van der Waals surface area contributed by atoms with E-state index in [9.17, 15) is 13.2 Å². The highest BCUT2D eigenvalue weighted by Crippen LogP contribution is 2.32. The van der Waals surface area contributed by atoms with Crippen molar-refractivity contribution in [2.45, 2.75) is 43.4 Å². The molecule has 6 heteroatoms. The minimum absolute atomic E-state index is 0.162. The van der Waals surface area contributed by atoms with Gasteiger partial charge in [-0.05, 0) is 55.0 Å². The van der Waals surface area contributed by atoms with Gasteiger partial charge in [0.05, 0.1) is 10.6 Å². The highest BCUT2D eigenvalue weighted by molar-refractivity contribution is 7.92. The van der Waals surface area contributed by atoms with Gasteiger partial charge in [0.2, 0.25) is 0 Å². The summed E-state index contributed by atoms with van der Waals surface area (Å²) < 4.78 is 27.8. The summed E-state index contributed by atoms with van der Waals surface area (Å²) in [7, 11) is -3.69. The molecule has 1 heterocycles. The summed E-state index contributed by atoms with van der Waals surface area (Å²) in [6.45, 7) is 1.09. The van der Waals surface area contributed by atoms with E-state index in [0.29, 0.717) is 31.0 Å². The van der Waals surface area contributed by atoms with E-state index in [1.165, 1.54) is 29.6 Å². The quantitative estimate of drug-likeness (QED) is 0.834. The van der Waals surface area contributed by atoms with Gasteiger partial charge in [0.15, 0.2) is 0 Å². The van der Waals surface area contributed by atoms with E-state index in [0.717, 1.165) is 24.1 Å². The van der Waals surface area contributed by atoms with Crippen LogP contribution in [0.3, 0.4) is 0 Å². The first-order valence-electron chi connectivity index (χ1n) is 10.0. The van der Waals surface area contributed by atoms with Crippen molar-refractivity contribution in [2.24, 2.45) is 5.92 Å². The number of hydrogen-bond donors (Lipinski definition) is 1. The molecule has 0 unspecified atom stereocenters. The van der Waals surface area contributed by atoms with Gasteiger partial charge >= 0.3 is 0 Å². The summed E-state index contributed by atoms with van der Waals surface area (Å²) in [6, 6.07) is 13.9. The molecule has 2 aliphatic rings. The Morgan fingerprint density at radius 1 is 1.04 bits per heavy atom. The maximum Gasteiger partial charge on any atom is 0.264 e. The zero-order chi connectivity index (χ0) is 19.6. The lowest BCUT2D eigenvalue weighted by molar-refractivity contribution is 0.0943. The summed E-state index contributed by atoms with van der Waals surface area (Å²) in [5, 5.41) is 2.99. The van der Waals surface area contributed by atoms with Crippen LogP contribution in [0, 0.1) is 5.92 Å². The molecule has 2 aromatic rings. The predicted octanol–water partition coefficient (Wildman–Crippen LogP) is 3.75. The summed E-state index contributed by atoms with van der Waals surface area (Å²) in [6.07, 6.45) is 6.75. The first kappa shape index (κ1) is 19.0. The van der Waals surface area contributed by atoms with E-state index in [4.69, 9.17) is 0 Å². The van der Waals surface area contributed by atoms with E-state index in [1.807, 2.05) is 24.3 Å². The molecular formula is C22H26N2O3S. The van der Waals surface area contributed by atoms with Crippen molar-refractivity contribution in [1.82, 2.24) is 5.32 Å². The van der Waals surface area contributed by atoms with Gasteiger partial charge in [-0.1, -0.05) is 43.5 Å². The Bertz CT molecular complexity index is 965. The van der Waals surface area contributed by atoms with Crippen molar-refractivity contribution in [3.05, 3.63) is 59.7 Å². The SMILES string of the molecule is O=C(NCC1CCCCC1)c1cccc(S(=O)(=O)N2CCc3ccccc32)c1. The van der Waals surface area contributed by atoms with Gasteiger partial charge in [-0.3, -0.25) is 9.10 Å². The van der Waals surface area contributed by atoms with Crippen LogP contribution in [0.1, 0.15) is 48.0 Å². The molecule has 1 fully saturated rings. The van der Waals surface area contributed by atoms with Gasteiger partial charge in [0.25, 0.3) is 15.9 Å². The molecule has 4 rings (SSSR count). The Morgan fingerprint density at radius 3 is 2.64 bits per heavy atom. The second kappa shape index (κ2) is 7.95. The average molecular weight is 399 g/mol. The Balaban J connectivity index is 1.51. The summed E-state index contributed by atoms with van der Waals surface area (Å²) >= 11 is 0. The summed E-state index contributed by atoms with van der Waals surface area (Å²) in [4.78, 5) is 12.7. The van der Waals surface area contributed by atoms with Gasteiger partial charge in [0, 0.05) is 18.7 Å². The molecule has 1 amide bonds. The lowest BCUT2D eigenvalue weighted by atomic mass is 9.89. The van der Waals surface area contributed by atoms with Gasteiger partial charge in [-0.25, -0.2) is 8.42 Å². The highest BCUT2D eigenvalue weighted by Gasteiger charge is 2.31. The maximum atomic E-state index is 13.2. The third-order valence-electron chi connectivity index (χ3n) is 5.80. The van der Waals surface area contributed by atoms with Crippen LogP contribution in [0.5, 0.6) is 0 Å². The van der Waals surface area contributed by atoms with E-state index in [-0.39, 0.29) is 10.8 Å². The molecule has 0 atom stereocenters. The number of nitrogens with zero attached hydrogens (tertiary/aromatic N) is 1. The molecule has 0 aromatic heterocycles. The molecule has 0 spiro atoms. The Labute approximate surface area is 166 Å². The third kappa shape index (κ3) is 3.78. The zero-order valence-electron chi connectivity index (χ0n) is 15.9. The minimum atomic E-state index is -3.69. The molecule has 1 saturated carbocycles. The van der Waals surface area contributed by atoms with E-state index in [1.54, 1.807) is 18.2 Å². The number of rotatable bonds is 5. The zero-order valence-corrected chi connectivity index (χ0v) is 16.7. The lowest BCUT2D eigenvalue weighted by Gasteiger charge is -2.22. The molecule has 1 N–H and O–H groups in total. The molecule has 148 valence electrons. The van der Waals surface area contributed by atoms with Crippen molar-refractivity contribution >= 4 is 21.6 Å². The van der Waals surface area contributed by atoms with Crippen molar-refractivity contribution in [3.8, 4) is 0 Å². The Hall–Kier alpha value is -2.34. The summed E-state index contributed by atoms with van der Waals surface area (Å²) in [5.41, 5.74) is 2.16. The van der Waals surface area contributed by atoms with Crippen LogP contribution in [-0.4, -0.2) is 27.4 Å². The van der Waals surface area contributed by atoms with Crippen molar-refractivity contribution in [1.29, 1.82) is 0 Å². The number of nitrogens with one attached hydrogen (secondary N) is 1. The minimum Gasteiger partial charge on any atom is -0.352 e. The maximum absolute atomic E-state index is 13.2. The number of amides is 1. The van der Waals surface area contributed by atoms with E-state index in [2.05, 4.69) is 5.32 Å². The Kier molecular flexibility index (Phi) is 5.40. The first-order valence-corrected chi connectivity index (χ1v) is 11.5. The number of sulfonamides is 1. The van der Waals surface area contributed by atoms with Crippen LogP contribution in [0.4, 0.5) is 5.69 Å². The molecule has 0 radical (unpaired) electrons. The number of hydrogen-bond acceptors (Lipinski definition) is 3. The van der Waals surface area contributed by atoms with Gasteiger partial charge in [-0.15, -0.1) is 0 Å². The average Bonchev–Trinajstić information content (AvgIpc) is 3.18. The van der Waals surface area contributed by atoms with Crippen molar-refractivity contribution in [2.75, 3.05) is 17.4 Å². The lowest BCUT2D eigenvalue weighted by Crippen LogP contribution is -2.31. The predicted molar refractivity (Wildman–Crippen MR) is 110 cm³/mol. The fourth-order valence-corrected chi connectivity index (χ4v) is 5.76. The third-order valence-corrected chi connectivity index (χ3v) is 7.61. The smallest absolute Gasteiger partial charge is 0.264 e. The van der Waals surface area contributed by atoms with Gasteiger partial charge in [0.1, 0.15) is 0 Å². The van der Waals surface area contributed by atoms with Crippen LogP contribution in [0.25, 0.3) is 0 Å². The van der Waals surface area contributed by atoms with Crippen LogP contribution in [-0.2, 0) is 16.4 Å². The number of carbonyl (C=O) groups excluding carboxylic acids is 1. The molecule has 28 heavy (non-hydrogen) atoms. The normalized spacial score (nSPS) is 17.4. The molecular weight excluding hydrogens is 372 g/mol. The van der Waals surface area contributed by atoms with Crippen LogP contribution in [0.15, 0.2) is 53.4 Å². The Morgan fingerprint density at radius 2 is 1.82 bits per heavy atom. The molecule has 5 nitrogen and oxygen atoms in total. The second-order valence-corrected chi connectivity index (χ2v) is 9.56. The monoisotopic (exact) mass is 398 g/mol. The fraction of sp³-hybridized carbons (Fsp3) is 0.409. The van der Waals surface area contributed by atoms with Crippen LogP contribution >= 0.6 is 0 Å². The molecule has 1 aliphatic carbocycles. The van der Waals surface area contributed by atoms with Crippen LogP contribution < -0.4 is 9.62 Å². The number of benzene rings is 2.